The van der Waals surface area contributed by atoms with Crippen molar-refractivity contribution in [1.29, 1.82) is 5.26 Å². The second-order valence-corrected chi connectivity index (χ2v) is 6.34. The predicted molar refractivity (Wildman–Crippen MR) is 94.6 cm³/mol. The molecule has 0 aliphatic rings. The fourth-order valence-electron chi connectivity index (χ4n) is 2.21. The van der Waals surface area contributed by atoms with Crippen LogP contribution in [0.4, 0.5) is 0 Å². The summed E-state index contributed by atoms with van der Waals surface area (Å²) < 4.78 is 0. The van der Waals surface area contributed by atoms with Crippen molar-refractivity contribution in [3.05, 3.63) is 36.2 Å². The van der Waals surface area contributed by atoms with E-state index in [0.29, 0.717) is 18.1 Å². The minimum absolute atomic E-state index is 0.362. The summed E-state index contributed by atoms with van der Waals surface area (Å²) in [4.78, 5) is 5.88. The third-order valence-corrected chi connectivity index (χ3v) is 4.98. The van der Waals surface area contributed by atoms with Gasteiger partial charge in [0.15, 0.2) is 0 Å². The van der Waals surface area contributed by atoms with Gasteiger partial charge in [-0.25, -0.2) is 4.98 Å². The Bertz CT molecular complexity index is 870. The van der Waals surface area contributed by atoms with Crippen molar-refractivity contribution in [3.8, 4) is 28.6 Å². The number of thioether (sulfide) groups is 1. The number of hydrogen-bond acceptors (Lipinski definition) is 8. The monoisotopic (exact) mass is 355 g/mol. The van der Waals surface area contributed by atoms with Gasteiger partial charge in [0.05, 0.1) is 0 Å². The van der Waals surface area contributed by atoms with E-state index < -0.39 is 0 Å². The Hall–Kier alpha value is -2.41. The number of nitrogens with one attached hydrogen (secondary N) is 1. The quantitative estimate of drug-likeness (QED) is 0.474. The van der Waals surface area contributed by atoms with Crippen molar-refractivity contribution in [2.24, 2.45) is 5.73 Å². The fourth-order valence-corrected chi connectivity index (χ4v) is 3.44. The van der Waals surface area contributed by atoms with Gasteiger partial charge in [0.1, 0.15) is 11.8 Å². The van der Waals surface area contributed by atoms with Crippen LogP contribution in [-0.2, 0) is 0 Å². The molecule has 0 radical (unpaired) electrons. The lowest BCUT2D eigenvalue weighted by molar-refractivity contribution is 0.881. The molecule has 3 aromatic rings. The third-order valence-electron chi connectivity index (χ3n) is 3.27. The molecule has 0 aliphatic heterocycles. The maximum atomic E-state index is 8.90. The van der Waals surface area contributed by atoms with Crippen molar-refractivity contribution in [2.45, 2.75) is 9.79 Å². The minimum atomic E-state index is 0.362. The number of nitrogens with zero attached hydrogens (tertiary/aromatic N) is 5. The number of rotatable bonds is 5. The normalized spacial score (nSPS) is 10.5. The molecule has 0 unspecified atom stereocenters. The highest BCUT2D eigenvalue weighted by Gasteiger charge is 2.18. The number of nitrogens with two attached hydrogens (primary N) is 1. The first kappa shape index (κ1) is 16.4. The number of thiol groups is 1. The largest absolute Gasteiger partial charge is 0.330 e. The standard InChI is InChI=1S/C15H13N7S2/c16-5-6-24-12-4-3-11(9-1-2-10(7-17)18-8-9)13(14(12)23)15-19-21-22-20-15/h1-4,8,23H,5-6,16H2,(H,19,20,21,22). The van der Waals surface area contributed by atoms with E-state index in [2.05, 4.69) is 38.2 Å². The molecular weight excluding hydrogens is 342 g/mol. The first-order valence-electron chi connectivity index (χ1n) is 7.03. The van der Waals surface area contributed by atoms with Crippen molar-refractivity contribution >= 4 is 24.4 Å². The summed E-state index contributed by atoms with van der Waals surface area (Å²) in [7, 11) is 0. The Morgan fingerprint density at radius 3 is 2.79 bits per heavy atom. The number of aromatic amines is 1. The predicted octanol–water partition coefficient (Wildman–Crippen LogP) is 2.14. The Kier molecular flexibility index (Phi) is 5.10. The molecule has 0 amide bonds. The molecule has 0 aliphatic carbocycles. The summed E-state index contributed by atoms with van der Waals surface area (Å²) in [6.07, 6.45) is 1.65. The first-order valence-corrected chi connectivity index (χ1v) is 8.47. The summed E-state index contributed by atoms with van der Waals surface area (Å²) in [5.41, 5.74) is 8.43. The zero-order valence-corrected chi connectivity index (χ0v) is 14.2. The van der Waals surface area contributed by atoms with E-state index in [-0.39, 0.29) is 0 Å². The molecular formula is C15H13N7S2. The highest BCUT2D eigenvalue weighted by Crippen LogP contribution is 2.39. The Morgan fingerprint density at radius 1 is 1.29 bits per heavy atom. The second kappa shape index (κ2) is 7.44. The molecule has 0 bridgehead atoms. The maximum absolute atomic E-state index is 8.90. The van der Waals surface area contributed by atoms with Gasteiger partial charge in [0, 0.05) is 39.4 Å². The minimum Gasteiger partial charge on any atom is -0.330 e. The molecule has 7 nitrogen and oxygen atoms in total. The lowest BCUT2D eigenvalue weighted by Crippen LogP contribution is -2.01. The van der Waals surface area contributed by atoms with E-state index in [1.54, 1.807) is 24.0 Å². The number of hydrogen-bond donors (Lipinski definition) is 3. The SMILES string of the molecule is N#Cc1ccc(-c2ccc(SCCN)c(S)c2-c2nn[nH]n2)cn1. The van der Waals surface area contributed by atoms with Gasteiger partial charge in [0.2, 0.25) is 5.82 Å². The zero-order chi connectivity index (χ0) is 16.9. The molecule has 3 rings (SSSR count). The molecule has 3 N–H and O–H groups in total. The molecule has 9 heteroatoms. The Morgan fingerprint density at radius 2 is 2.17 bits per heavy atom. The van der Waals surface area contributed by atoms with Gasteiger partial charge >= 0.3 is 0 Å². The van der Waals surface area contributed by atoms with Crippen LogP contribution < -0.4 is 5.73 Å². The first-order chi connectivity index (χ1) is 11.7. The van der Waals surface area contributed by atoms with Crippen LogP contribution in [-0.4, -0.2) is 37.9 Å². The molecule has 2 heterocycles. The second-order valence-electron chi connectivity index (χ2n) is 4.75. The van der Waals surface area contributed by atoms with E-state index in [9.17, 15) is 0 Å². The fraction of sp³-hybridized carbons (Fsp3) is 0.133. The number of H-pyrrole nitrogens is 1. The van der Waals surface area contributed by atoms with E-state index >= 15 is 0 Å². The van der Waals surface area contributed by atoms with Crippen LogP contribution in [0.2, 0.25) is 0 Å². The van der Waals surface area contributed by atoms with Gasteiger partial charge in [-0.15, -0.1) is 34.6 Å². The van der Waals surface area contributed by atoms with Crippen LogP contribution in [0.25, 0.3) is 22.5 Å². The van der Waals surface area contributed by atoms with Gasteiger partial charge in [0.25, 0.3) is 0 Å². The number of tetrazole rings is 1. The third kappa shape index (κ3) is 3.26. The van der Waals surface area contributed by atoms with Crippen LogP contribution in [0.5, 0.6) is 0 Å². The Labute approximate surface area is 148 Å². The van der Waals surface area contributed by atoms with Gasteiger partial charge in [-0.05, 0) is 29.0 Å². The number of benzene rings is 1. The molecule has 24 heavy (non-hydrogen) atoms. The molecule has 0 saturated carbocycles. The molecule has 0 saturated heterocycles. The zero-order valence-electron chi connectivity index (χ0n) is 12.5. The summed E-state index contributed by atoms with van der Waals surface area (Å²) >= 11 is 6.30. The molecule has 0 atom stereocenters. The van der Waals surface area contributed by atoms with Crippen LogP contribution in [0.3, 0.4) is 0 Å². The summed E-state index contributed by atoms with van der Waals surface area (Å²) in [6, 6.07) is 9.47. The van der Waals surface area contributed by atoms with Gasteiger partial charge in [-0.2, -0.15) is 10.5 Å². The van der Waals surface area contributed by atoms with Crippen LogP contribution >= 0.6 is 24.4 Å². The molecule has 0 spiro atoms. The van der Waals surface area contributed by atoms with Gasteiger partial charge < -0.3 is 5.73 Å². The van der Waals surface area contributed by atoms with Gasteiger partial charge in [-0.1, -0.05) is 6.07 Å². The van der Waals surface area contributed by atoms with Crippen LogP contribution in [0.1, 0.15) is 5.69 Å². The van der Waals surface area contributed by atoms with Crippen LogP contribution in [0.15, 0.2) is 40.3 Å². The Balaban J connectivity index is 2.14. The van der Waals surface area contributed by atoms with E-state index in [0.717, 1.165) is 32.2 Å². The molecule has 2 aromatic heterocycles. The number of aromatic nitrogens is 5. The lowest BCUT2D eigenvalue weighted by atomic mass is 10.0. The summed E-state index contributed by atoms with van der Waals surface area (Å²) in [5, 5.41) is 23.2. The summed E-state index contributed by atoms with van der Waals surface area (Å²) in [5.74, 6) is 1.24. The van der Waals surface area contributed by atoms with Crippen molar-refractivity contribution in [2.75, 3.05) is 12.3 Å². The molecule has 1 aromatic carbocycles. The number of pyridine rings is 1. The highest BCUT2D eigenvalue weighted by molar-refractivity contribution is 7.99. The average molecular weight is 355 g/mol. The van der Waals surface area contributed by atoms with Crippen LogP contribution in [0, 0.1) is 11.3 Å². The van der Waals surface area contributed by atoms with Gasteiger partial charge in [-0.3, -0.25) is 0 Å². The van der Waals surface area contributed by atoms with E-state index in [1.807, 2.05) is 24.3 Å². The topological polar surface area (TPSA) is 117 Å². The van der Waals surface area contributed by atoms with Crippen molar-refractivity contribution in [3.63, 3.8) is 0 Å². The molecule has 120 valence electrons. The summed E-state index contributed by atoms with van der Waals surface area (Å²) in [6.45, 7) is 0.580. The van der Waals surface area contributed by atoms with E-state index in [4.69, 9.17) is 11.0 Å². The lowest BCUT2D eigenvalue weighted by Gasteiger charge is -2.13. The molecule has 0 fully saturated rings. The van der Waals surface area contributed by atoms with Crippen molar-refractivity contribution in [1.82, 2.24) is 25.6 Å². The average Bonchev–Trinajstić information content (AvgIpc) is 3.14. The number of nitriles is 1. The maximum Gasteiger partial charge on any atom is 0.206 e. The smallest absolute Gasteiger partial charge is 0.206 e. The van der Waals surface area contributed by atoms with Crippen molar-refractivity contribution < 1.29 is 0 Å². The highest BCUT2D eigenvalue weighted by atomic mass is 32.2. The van der Waals surface area contributed by atoms with E-state index in [1.165, 1.54) is 0 Å².